The van der Waals surface area contributed by atoms with E-state index in [1.165, 1.54) is 148 Å². The Morgan fingerprint density at radius 3 is 1.20 bits per heavy atom. The van der Waals surface area contributed by atoms with Crippen LogP contribution < -0.4 is 0 Å². The molecular formula is C33H66O2. The average Bonchev–Trinajstić information content (AvgIpc) is 2.84. The largest absolute Gasteiger partial charge is 0.481 e. The molecule has 0 saturated carbocycles. The van der Waals surface area contributed by atoms with Gasteiger partial charge >= 0.3 is 5.97 Å². The summed E-state index contributed by atoms with van der Waals surface area (Å²) in [5.74, 6) is 0.0423. The summed E-state index contributed by atoms with van der Waals surface area (Å²) in [6.45, 7) is 8.88. The zero-order valence-corrected chi connectivity index (χ0v) is 24.8. The molecule has 0 aromatic carbocycles. The summed E-state index contributed by atoms with van der Waals surface area (Å²) < 4.78 is 0. The van der Waals surface area contributed by atoms with E-state index in [-0.39, 0.29) is 0 Å². The SMILES string of the molecule is CCCCCCCCCCC(CCCCCCCC)CC(C)(CCCCCCCCCC)C(=O)O. The second kappa shape index (κ2) is 25.1. The first-order chi connectivity index (χ1) is 17.0. The summed E-state index contributed by atoms with van der Waals surface area (Å²) in [6.07, 6.45) is 33.4. The Morgan fingerprint density at radius 1 is 0.543 bits per heavy atom. The van der Waals surface area contributed by atoms with Gasteiger partial charge in [0.25, 0.3) is 0 Å². The summed E-state index contributed by atoms with van der Waals surface area (Å²) in [7, 11) is 0. The summed E-state index contributed by atoms with van der Waals surface area (Å²) >= 11 is 0. The number of hydrogen-bond donors (Lipinski definition) is 1. The first-order valence-corrected chi connectivity index (χ1v) is 16.2. The molecule has 0 aromatic rings. The lowest BCUT2D eigenvalue weighted by molar-refractivity contribution is -0.149. The Kier molecular flexibility index (Phi) is 24.8. The van der Waals surface area contributed by atoms with Gasteiger partial charge in [0.1, 0.15) is 0 Å². The third-order valence-corrected chi connectivity index (χ3v) is 8.27. The second-order valence-electron chi connectivity index (χ2n) is 12.0. The van der Waals surface area contributed by atoms with Gasteiger partial charge in [0.15, 0.2) is 0 Å². The minimum Gasteiger partial charge on any atom is -0.481 e. The zero-order valence-electron chi connectivity index (χ0n) is 24.8. The van der Waals surface area contributed by atoms with E-state index in [2.05, 4.69) is 27.7 Å². The van der Waals surface area contributed by atoms with E-state index in [9.17, 15) is 9.90 Å². The highest BCUT2D eigenvalue weighted by Gasteiger charge is 2.34. The van der Waals surface area contributed by atoms with E-state index in [0.29, 0.717) is 5.92 Å². The third-order valence-electron chi connectivity index (χ3n) is 8.27. The van der Waals surface area contributed by atoms with Crippen molar-refractivity contribution in [3.8, 4) is 0 Å². The van der Waals surface area contributed by atoms with Gasteiger partial charge in [-0.15, -0.1) is 0 Å². The van der Waals surface area contributed by atoms with Crippen LogP contribution >= 0.6 is 0 Å². The van der Waals surface area contributed by atoms with Crippen LogP contribution in [0.3, 0.4) is 0 Å². The van der Waals surface area contributed by atoms with E-state index < -0.39 is 11.4 Å². The molecule has 1 N–H and O–H groups in total. The zero-order chi connectivity index (χ0) is 26.0. The van der Waals surface area contributed by atoms with Crippen molar-refractivity contribution in [3.63, 3.8) is 0 Å². The molecule has 2 heteroatoms. The van der Waals surface area contributed by atoms with E-state index in [1.807, 2.05) is 0 Å². The highest BCUT2D eigenvalue weighted by Crippen LogP contribution is 2.37. The van der Waals surface area contributed by atoms with Crippen LogP contribution in [0.5, 0.6) is 0 Å². The normalized spacial score (nSPS) is 14.2. The monoisotopic (exact) mass is 495 g/mol. The second-order valence-corrected chi connectivity index (χ2v) is 12.0. The summed E-state index contributed by atoms with van der Waals surface area (Å²) in [5.41, 5.74) is -0.532. The number of aliphatic carboxylic acids is 1. The number of rotatable bonds is 28. The topological polar surface area (TPSA) is 37.3 Å². The molecule has 0 aliphatic carbocycles. The quantitative estimate of drug-likeness (QED) is 0.110. The lowest BCUT2D eigenvalue weighted by atomic mass is 9.74. The summed E-state index contributed by atoms with van der Waals surface area (Å²) in [4.78, 5) is 12.3. The average molecular weight is 495 g/mol. The number of carbonyl (C=O) groups is 1. The van der Waals surface area contributed by atoms with Crippen molar-refractivity contribution in [1.82, 2.24) is 0 Å². The van der Waals surface area contributed by atoms with Gasteiger partial charge in [-0.3, -0.25) is 4.79 Å². The maximum atomic E-state index is 12.3. The fourth-order valence-corrected chi connectivity index (χ4v) is 5.71. The van der Waals surface area contributed by atoms with Gasteiger partial charge in [0.2, 0.25) is 0 Å². The molecule has 2 unspecified atom stereocenters. The Hall–Kier alpha value is -0.530. The fourth-order valence-electron chi connectivity index (χ4n) is 5.71. The highest BCUT2D eigenvalue weighted by atomic mass is 16.4. The van der Waals surface area contributed by atoms with Crippen molar-refractivity contribution in [2.24, 2.45) is 11.3 Å². The van der Waals surface area contributed by atoms with Crippen molar-refractivity contribution in [1.29, 1.82) is 0 Å². The Labute approximate surface area is 221 Å². The van der Waals surface area contributed by atoms with Crippen LogP contribution in [0.2, 0.25) is 0 Å². The predicted molar refractivity (Wildman–Crippen MR) is 156 cm³/mol. The van der Waals surface area contributed by atoms with Gasteiger partial charge in [-0.2, -0.15) is 0 Å². The maximum absolute atomic E-state index is 12.3. The number of carboxylic acids is 1. The maximum Gasteiger partial charge on any atom is 0.309 e. The van der Waals surface area contributed by atoms with Gasteiger partial charge in [-0.05, 0) is 25.7 Å². The first-order valence-electron chi connectivity index (χ1n) is 16.2. The molecule has 2 atom stereocenters. The Balaban J connectivity index is 4.51. The standard InChI is InChI=1S/C33H66O2/c1-5-8-11-14-17-19-22-25-28-31(27-24-21-16-13-10-7-3)30-33(4,32(34)35)29-26-23-20-18-15-12-9-6-2/h31H,5-30H2,1-4H3,(H,34,35). The van der Waals surface area contributed by atoms with Crippen LogP contribution in [0.15, 0.2) is 0 Å². The molecule has 0 saturated heterocycles. The molecule has 0 aliphatic rings. The highest BCUT2D eigenvalue weighted by molar-refractivity contribution is 5.74. The fraction of sp³-hybridized carbons (Fsp3) is 0.970. The van der Waals surface area contributed by atoms with Crippen molar-refractivity contribution in [3.05, 3.63) is 0 Å². The van der Waals surface area contributed by atoms with Crippen molar-refractivity contribution in [2.75, 3.05) is 0 Å². The third kappa shape index (κ3) is 21.3. The number of unbranched alkanes of at least 4 members (excludes halogenated alkanes) is 19. The molecule has 0 spiro atoms. The van der Waals surface area contributed by atoms with Crippen molar-refractivity contribution >= 4 is 5.97 Å². The lowest BCUT2D eigenvalue weighted by Crippen LogP contribution is -2.30. The molecule has 210 valence electrons. The van der Waals surface area contributed by atoms with Crippen LogP contribution in [-0.2, 0) is 4.79 Å². The van der Waals surface area contributed by atoms with Gasteiger partial charge in [0, 0.05) is 0 Å². The van der Waals surface area contributed by atoms with Crippen LogP contribution in [0.25, 0.3) is 0 Å². The minimum atomic E-state index is -0.552. The molecule has 0 aromatic heterocycles. The molecule has 0 amide bonds. The van der Waals surface area contributed by atoms with Crippen LogP contribution in [0.4, 0.5) is 0 Å². The molecule has 2 nitrogen and oxygen atoms in total. The first kappa shape index (κ1) is 34.5. The van der Waals surface area contributed by atoms with E-state index in [1.54, 1.807) is 0 Å². The van der Waals surface area contributed by atoms with Crippen molar-refractivity contribution in [2.45, 2.75) is 195 Å². The van der Waals surface area contributed by atoms with E-state index in [4.69, 9.17) is 0 Å². The van der Waals surface area contributed by atoms with E-state index >= 15 is 0 Å². The molecule has 0 fully saturated rings. The van der Waals surface area contributed by atoms with Crippen LogP contribution in [-0.4, -0.2) is 11.1 Å². The molecular weight excluding hydrogens is 428 g/mol. The summed E-state index contributed by atoms with van der Waals surface area (Å²) in [5, 5.41) is 10.2. The Morgan fingerprint density at radius 2 is 0.857 bits per heavy atom. The number of carboxylic acid groups (broad SMARTS) is 1. The van der Waals surface area contributed by atoms with Crippen molar-refractivity contribution < 1.29 is 9.90 Å². The number of hydrogen-bond acceptors (Lipinski definition) is 1. The van der Waals surface area contributed by atoms with Gasteiger partial charge in [-0.25, -0.2) is 0 Å². The van der Waals surface area contributed by atoms with Gasteiger partial charge in [0.05, 0.1) is 5.41 Å². The molecule has 35 heavy (non-hydrogen) atoms. The molecule has 0 bridgehead atoms. The molecule has 0 aliphatic heterocycles. The smallest absolute Gasteiger partial charge is 0.309 e. The summed E-state index contributed by atoms with van der Waals surface area (Å²) in [6, 6.07) is 0. The Bertz CT molecular complexity index is 446. The van der Waals surface area contributed by atoms with Gasteiger partial charge in [-0.1, -0.05) is 175 Å². The predicted octanol–water partition coefficient (Wildman–Crippen LogP) is 11.9. The van der Waals surface area contributed by atoms with E-state index in [0.717, 1.165) is 19.3 Å². The minimum absolute atomic E-state index is 0.532. The lowest BCUT2D eigenvalue weighted by Gasteiger charge is -2.30. The molecule has 0 radical (unpaired) electrons. The van der Waals surface area contributed by atoms with Crippen LogP contribution in [0.1, 0.15) is 195 Å². The molecule has 0 rings (SSSR count). The van der Waals surface area contributed by atoms with Crippen LogP contribution in [0, 0.1) is 11.3 Å². The molecule has 0 heterocycles. The van der Waals surface area contributed by atoms with Gasteiger partial charge < -0.3 is 5.11 Å².